The van der Waals surface area contributed by atoms with Crippen LogP contribution in [-0.2, 0) is 12.8 Å². The van der Waals surface area contributed by atoms with Crippen LogP contribution in [0.1, 0.15) is 53.4 Å². The van der Waals surface area contributed by atoms with Crippen molar-refractivity contribution in [3.63, 3.8) is 0 Å². The van der Waals surface area contributed by atoms with Crippen LogP contribution in [0.4, 0.5) is 0 Å². The average Bonchev–Trinajstić information content (AvgIpc) is 2.78. The first-order chi connectivity index (χ1) is 9.70. The van der Waals surface area contributed by atoms with E-state index in [0.29, 0.717) is 12.6 Å². The van der Waals surface area contributed by atoms with Crippen LogP contribution >= 0.6 is 11.3 Å². The van der Waals surface area contributed by atoms with E-state index in [9.17, 15) is 9.90 Å². The topological polar surface area (TPSA) is 40.5 Å². The van der Waals surface area contributed by atoms with E-state index in [2.05, 4.69) is 6.92 Å². The third-order valence-electron chi connectivity index (χ3n) is 4.75. The summed E-state index contributed by atoms with van der Waals surface area (Å²) in [7, 11) is 0. The molecule has 1 fully saturated rings. The first-order valence-corrected chi connectivity index (χ1v) is 8.59. The number of amides is 1. The first kappa shape index (κ1) is 14.1. The van der Waals surface area contributed by atoms with Crippen molar-refractivity contribution in [3.8, 4) is 0 Å². The van der Waals surface area contributed by atoms with Gasteiger partial charge in [-0.1, -0.05) is 6.92 Å². The Morgan fingerprint density at radius 2 is 2.25 bits per heavy atom. The van der Waals surface area contributed by atoms with Crippen LogP contribution in [0.2, 0.25) is 0 Å². The van der Waals surface area contributed by atoms with Gasteiger partial charge in [0.2, 0.25) is 0 Å². The maximum atomic E-state index is 12.8. The van der Waals surface area contributed by atoms with E-state index >= 15 is 0 Å². The SMILES string of the molecule is CC1CCc2c(C(=O)N(CCO)C3CCC3)csc2C1. The molecule has 0 spiro atoms. The van der Waals surface area contributed by atoms with Crippen molar-refractivity contribution in [1.29, 1.82) is 0 Å². The lowest BCUT2D eigenvalue weighted by molar-refractivity contribution is 0.0525. The van der Waals surface area contributed by atoms with E-state index in [4.69, 9.17) is 0 Å². The molecule has 0 bridgehead atoms. The highest BCUT2D eigenvalue weighted by atomic mass is 32.1. The molecule has 1 aromatic rings. The van der Waals surface area contributed by atoms with Crippen molar-refractivity contribution >= 4 is 17.2 Å². The van der Waals surface area contributed by atoms with Gasteiger partial charge in [0.15, 0.2) is 0 Å². The van der Waals surface area contributed by atoms with Gasteiger partial charge in [-0.15, -0.1) is 11.3 Å². The lowest BCUT2D eigenvalue weighted by Gasteiger charge is -2.37. The van der Waals surface area contributed by atoms with E-state index in [1.54, 1.807) is 11.3 Å². The second-order valence-corrected chi connectivity index (χ2v) is 7.17. The van der Waals surface area contributed by atoms with Gasteiger partial charge in [0.05, 0.1) is 12.2 Å². The van der Waals surface area contributed by atoms with Crippen LogP contribution in [0.3, 0.4) is 0 Å². The van der Waals surface area contributed by atoms with Gasteiger partial charge in [0, 0.05) is 22.8 Å². The maximum Gasteiger partial charge on any atom is 0.255 e. The Hall–Kier alpha value is -0.870. The molecule has 2 aliphatic carbocycles. The van der Waals surface area contributed by atoms with Crippen LogP contribution < -0.4 is 0 Å². The number of thiophene rings is 1. The first-order valence-electron chi connectivity index (χ1n) is 7.71. The summed E-state index contributed by atoms with van der Waals surface area (Å²) in [5, 5.41) is 11.3. The molecule has 1 amide bonds. The molecule has 1 unspecified atom stereocenters. The zero-order valence-corrected chi connectivity index (χ0v) is 12.9. The van der Waals surface area contributed by atoms with E-state index in [1.807, 2.05) is 10.3 Å². The van der Waals surface area contributed by atoms with E-state index in [-0.39, 0.29) is 12.5 Å². The highest BCUT2D eigenvalue weighted by Gasteiger charge is 2.32. The molecule has 4 heteroatoms. The number of fused-ring (bicyclic) bond motifs is 1. The van der Waals surface area contributed by atoms with Crippen molar-refractivity contribution in [2.24, 2.45) is 5.92 Å². The number of carbonyl (C=O) groups is 1. The van der Waals surface area contributed by atoms with Gasteiger partial charge in [-0.05, 0) is 50.0 Å². The molecule has 20 heavy (non-hydrogen) atoms. The molecular formula is C16H23NO2S. The van der Waals surface area contributed by atoms with Gasteiger partial charge in [0.25, 0.3) is 5.91 Å². The van der Waals surface area contributed by atoms with Gasteiger partial charge in [0.1, 0.15) is 0 Å². The van der Waals surface area contributed by atoms with Crippen LogP contribution in [0.25, 0.3) is 0 Å². The smallest absolute Gasteiger partial charge is 0.255 e. The molecule has 1 heterocycles. The summed E-state index contributed by atoms with van der Waals surface area (Å²) in [6, 6.07) is 0.354. The van der Waals surface area contributed by atoms with Gasteiger partial charge in [-0.25, -0.2) is 0 Å². The number of aliphatic hydroxyl groups excluding tert-OH is 1. The summed E-state index contributed by atoms with van der Waals surface area (Å²) < 4.78 is 0. The normalized spacial score (nSPS) is 22.2. The van der Waals surface area contributed by atoms with Gasteiger partial charge < -0.3 is 10.0 Å². The molecule has 110 valence electrons. The Balaban J connectivity index is 1.82. The lowest BCUT2D eigenvalue weighted by Crippen LogP contribution is -2.45. The summed E-state index contributed by atoms with van der Waals surface area (Å²) in [5.74, 6) is 0.889. The summed E-state index contributed by atoms with van der Waals surface area (Å²) >= 11 is 1.75. The number of nitrogens with zero attached hydrogens (tertiary/aromatic N) is 1. The van der Waals surface area contributed by atoms with Crippen molar-refractivity contribution in [3.05, 3.63) is 21.4 Å². The van der Waals surface area contributed by atoms with Crippen LogP contribution in [0.5, 0.6) is 0 Å². The van der Waals surface area contributed by atoms with Gasteiger partial charge in [-0.3, -0.25) is 4.79 Å². The molecule has 1 N–H and O–H groups in total. The van der Waals surface area contributed by atoms with Gasteiger partial charge >= 0.3 is 0 Å². The molecule has 0 aromatic carbocycles. The molecule has 1 saturated carbocycles. The molecule has 3 rings (SSSR count). The summed E-state index contributed by atoms with van der Waals surface area (Å²) in [5.41, 5.74) is 2.21. The molecule has 2 aliphatic rings. The van der Waals surface area contributed by atoms with Crippen LogP contribution in [0.15, 0.2) is 5.38 Å². The average molecular weight is 293 g/mol. The predicted octanol–water partition coefficient (Wildman–Crippen LogP) is 2.86. The lowest BCUT2D eigenvalue weighted by atomic mass is 9.87. The molecule has 3 nitrogen and oxygen atoms in total. The number of rotatable bonds is 4. The third-order valence-corrected chi connectivity index (χ3v) is 5.80. The highest BCUT2D eigenvalue weighted by molar-refractivity contribution is 7.10. The summed E-state index contributed by atoms with van der Waals surface area (Å²) in [4.78, 5) is 16.1. The molecule has 0 radical (unpaired) electrons. The Labute approximate surface area is 124 Å². The summed E-state index contributed by atoms with van der Waals surface area (Å²) in [6.07, 6.45) is 6.74. The van der Waals surface area contributed by atoms with Crippen molar-refractivity contribution in [2.45, 2.75) is 51.5 Å². The molecule has 0 aliphatic heterocycles. The fourth-order valence-corrected chi connectivity index (χ4v) is 4.51. The third kappa shape index (κ3) is 2.51. The predicted molar refractivity (Wildman–Crippen MR) is 81.3 cm³/mol. The Morgan fingerprint density at radius 1 is 1.45 bits per heavy atom. The second kappa shape index (κ2) is 5.86. The van der Waals surface area contributed by atoms with Crippen molar-refractivity contribution < 1.29 is 9.90 Å². The number of carbonyl (C=O) groups excluding carboxylic acids is 1. The number of aliphatic hydroxyl groups is 1. The highest BCUT2D eigenvalue weighted by Crippen LogP contribution is 2.34. The largest absolute Gasteiger partial charge is 0.395 e. The second-order valence-electron chi connectivity index (χ2n) is 6.21. The minimum atomic E-state index is 0.0611. The van der Waals surface area contributed by atoms with Crippen molar-refractivity contribution in [2.75, 3.05) is 13.2 Å². The zero-order chi connectivity index (χ0) is 14.1. The Kier molecular flexibility index (Phi) is 4.13. The minimum absolute atomic E-state index is 0.0611. The minimum Gasteiger partial charge on any atom is -0.395 e. The quantitative estimate of drug-likeness (QED) is 0.927. The van der Waals surface area contributed by atoms with Crippen LogP contribution in [-0.4, -0.2) is 35.1 Å². The standard InChI is InChI=1S/C16H23NO2S/c1-11-5-6-13-14(10-20-15(13)9-11)16(19)17(7-8-18)12-3-2-4-12/h10-12,18H,2-9H2,1H3. The molecule has 0 saturated heterocycles. The zero-order valence-electron chi connectivity index (χ0n) is 12.1. The van der Waals surface area contributed by atoms with Crippen LogP contribution in [0, 0.1) is 5.92 Å². The van der Waals surface area contributed by atoms with E-state index < -0.39 is 0 Å². The van der Waals surface area contributed by atoms with Gasteiger partial charge in [-0.2, -0.15) is 0 Å². The van der Waals surface area contributed by atoms with Crippen molar-refractivity contribution in [1.82, 2.24) is 4.90 Å². The fraction of sp³-hybridized carbons (Fsp3) is 0.688. The number of hydrogen-bond donors (Lipinski definition) is 1. The number of hydrogen-bond acceptors (Lipinski definition) is 3. The maximum absolute atomic E-state index is 12.8. The molecular weight excluding hydrogens is 270 g/mol. The van der Waals surface area contributed by atoms with E-state index in [1.165, 1.54) is 23.3 Å². The van der Waals surface area contributed by atoms with E-state index in [0.717, 1.165) is 37.2 Å². The molecule has 1 aromatic heterocycles. The summed E-state index contributed by atoms with van der Waals surface area (Å²) in [6.45, 7) is 2.83. The Morgan fingerprint density at radius 3 is 2.90 bits per heavy atom. The molecule has 1 atom stereocenters. The Bertz CT molecular complexity index is 493. The fourth-order valence-electron chi connectivity index (χ4n) is 3.27. The monoisotopic (exact) mass is 293 g/mol.